The van der Waals surface area contributed by atoms with Crippen LogP contribution in [0.3, 0.4) is 0 Å². The van der Waals surface area contributed by atoms with Crippen LogP contribution < -0.4 is 5.32 Å². The first kappa shape index (κ1) is 13.6. The standard InChI is InChI=1S/C15H27N3/c1-11(2)14-7-5-6-8-15(14)16-9-13-10-18(4)17-12(13)3/h10-11,14-16H,5-9H2,1-4H3. The Hall–Kier alpha value is -0.830. The summed E-state index contributed by atoms with van der Waals surface area (Å²) >= 11 is 0. The van der Waals surface area contributed by atoms with Gasteiger partial charge in [0.1, 0.15) is 0 Å². The normalized spacial score (nSPS) is 24.7. The molecule has 102 valence electrons. The molecule has 3 heteroatoms. The van der Waals surface area contributed by atoms with Gasteiger partial charge in [-0.1, -0.05) is 26.7 Å². The van der Waals surface area contributed by atoms with Gasteiger partial charge in [-0.05, 0) is 31.6 Å². The highest BCUT2D eigenvalue weighted by Crippen LogP contribution is 2.30. The molecule has 2 atom stereocenters. The molecule has 0 aromatic carbocycles. The molecule has 0 aliphatic heterocycles. The number of hydrogen-bond acceptors (Lipinski definition) is 2. The van der Waals surface area contributed by atoms with Crippen LogP contribution in [0.15, 0.2) is 6.20 Å². The average Bonchev–Trinajstić information content (AvgIpc) is 2.65. The van der Waals surface area contributed by atoms with Gasteiger partial charge in [0.2, 0.25) is 0 Å². The van der Waals surface area contributed by atoms with E-state index in [1.165, 1.54) is 31.2 Å². The fourth-order valence-electron chi connectivity index (χ4n) is 3.27. The fraction of sp³-hybridized carbons (Fsp3) is 0.800. The van der Waals surface area contributed by atoms with Crippen molar-refractivity contribution in [2.45, 2.75) is 59.0 Å². The quantitative estimate of drug-likeness (QED) is 0.889. The maximum atomic E-state index is 4.41. The van der Waals surface area contributed by atoms with Crippen molar-refractivity contribution >= 4 is 0 Å². The molecule has 1 N–H and O–H groups in total. The van der Waals surface area contributed by atoms with Crippen molar-refractivity contribution in [3.05, 3.63) is 17.5 Å². The Morgan fingerprint density at radius 1 is 1.39 bits per heavy atom. The van der Waals surface area contributed by atoms with E-state index < -0.39 is 0 Å². The molecule has 0 spiro atoms. The third kappa shape index (κ3) is 3.14. The van der Waals surface area contributed by atoms with Gasteiger partial charge in [0.25, 0.3) is 0 Å². The Balaban J connectivity index is 1.93. The molecule has 18 heavy (non-hydrogen) atoms. The highest BCUT2D eigenvalue weighted by atomic mass is 15.2. The summed E-state index contributed by atoms with van der Waals surface area (Å²) in [5.74, 6) is 1.63. The van der Waals surface area contributed by atoms with E-state index in [1.54, 1.807) is 0 Å². The van der Waals surface area contributed by atoms with E-state index in [0.717, 1.165) is 24.1 Å². The number of nitrogens with one attached hydrogen (secondary N) is 1. The van der Waals surface area contributed by atoms with Crippen molar-refractivity contribution < 1.29 is 0 Å². The van der Waals surface area contributed by atoms with Gasteiger partial charge in [-0.25, -0.2) is 0 Å². The van der Waals surface area contributed by atoms with Gasteiger partial charge >= 0.3 is 0 Å². The molecule has 1 aliphatic carbocycles. The number of nitrogens with zero attached hydrogens (tertiary/aromatic N) is 2. The number of aromatic nitrogens is 2. The van der Waals surface area contributed by atoms with Crippen molar-refractivity contribution in [1.82, 2.24) is 15.1 Å². The maximum absolute atomic E-state index is 4.41. The maximum Gasteiger partial charge on any atom is 0.0638 e. The third-order valence-electron chi connectivity index (χ3n) is 4.35. The first-order chi connectivity index (χ1) is 8.58. The van der Waals surface area contributed by atoms with Crippen LogP contribution in [0.4, 0.5) is 0 Å². The van der Waals surface area contributed by atoms with Crippen molar-refractivity contribution in [3.63, 3.8) is 0 Å². The second-order valence-corrected chi connectivity index (χ2v) is 6.09. The molecule has 1 aliphatic rings. The van der Waals surface area contributed by atoms with E-state index in [2.05, 4.69) is 37.4 Å². The predicted octanol–water partition coefficient (Wildman–Crippen LogP) is 3.03. The minimum absolute atomic E-state index is 0.693. The Morgan fingerprint density at radius 2 is 2.11 bits per heavy atom. The van der Waals surface area contributed by atoms with E-state index in [9.17, 15) is 0 Å². The third-order valence-corrected chi connectivity index (χ3v) is 4.35. The molecule has 1 fully saturated rings. The molecule has 2 rings (SSSR count). The van der Waals surface area contributed by atoms with Crippen LogP contribution in [0.1, 0.15) is 50.8 Å². The number of aryl methyl sites for hydroxylation is 2. The van der Waals surface area contributed by atoms with Gasteiger partial charge in [0, 0.05) is 31.4 Å². The minimum atomic E-state index is 0.693. The first-order valence-corrected chi connectivity index (χ1v) is 7.30. The predicted molar refractivity (Wildman–Crippen MR) is 75.4 cm³/mol. The van der Waals surface area contributed by atoms with Crippen LogP contribution in [-0.4, -0.2) is 15.8 Å². The lowest BCUT2D eigenvalue weighted by atomic mass is 9.78. The zero-order chi connectivity index (χ0) is 13.1. The summed E-state index contributed by atoms with van der Waals surface area (Å²) in [4.78, 5) is 0. The first-order valence-electron chi connectivity index (χ1n) is 7.30. The summed E-state index contributed by atoms with van der Waals surface area (Å²) < 4.78 is 1.91. The summed E-state index contributed by atoms with van der Waals surface area (Å²) in [6.07, 6.45) is 7.65. The van der Waals surface area contributed by atoms with E-state index in [-0.39, 0.29) is 0 Å². The molecule has 2 unspecified atom stereocenters. The largest absolute Gasteiger partial charge is 0.310 e. The Labute approximate surface area is 111 Å². The lowest BCUT2D eigenvalue weighted by Crippen LogP contribution is -2.40. The van der Waals surface area contributed by atoms with Crippen molar-refractivity contribution in [2.75, 3.05) is 0 Å². The van der Waals surface area contributed by atoms with Gasteiger partial charge < -0.3 is 5.32 Å². The molecule has 1 aromatic heterocycles. The molecule has 0 saturated heterocycles. The van der Waals surface area contributed by atoms with Crippen LogP contribution in [0.2, 0.25) is 0 Å². The summed E-state index contributed by atoms with van der Waals surface area (Å²) in [7, 11) is 1.99. The Bertz CT molecular complexity index is 381. The molecule has 1 saturated carbocycles. The Morgan fingerprint density at radius 3 is 2.72 bits per heavy atom. The topological polar surface area (TPSA) is 29.9 Å². The smallest absolute Gasteiger partial charge is 0.0638 e. The number of rotatable bonds is 4. The average molecular weight is 249 g/mol. The molecule has 0 amide bonds. The minimum Gasteiger partial charge on any atom is -0.310 e. The Kier molecular flexibility index (Phi) is 4.44. The molecule has 0 bridgehead atoms. The zero-order valence-corrected chi connectivity index (χ0v) is 12.2. The lowest BCUT2D eigenvalue weighted by molar-refractivity contribution is 0.204. The second kappa shape index (κ2) is 5.87. The lowest BCUT2D eigenvalue weighted by Gasteiger charge is -2.35. The highest BCUT2D eigenvalue weighted by Gasteiger charge is 2.27. The molecular formula is C15H27N3. The van der Waals surface area contributed by atoms with Crippen LogP contribution in [0.5, 0.6) is 0 Å². The van der Waals surface area contributed by atoms with Crippen LogP contribution in [0.25, 0.3) is 0 Å². The van der Waals surface area contributed by atoms with E-state index in [1.807, 2.05) is 11.7 Å². The summed E-state index contributed by atoms with van der Waals surface area (Å²) in [5.41, 5.74) is 2.49. The van der Waals surface area contributed by atoms with Crippen LogP contribution in [-0.2, 0) is 13.6 Å². The molecular weight excluding hydrogens is 222 g/mol. The van der Waals surface area contributed by atoms with Gasteiger partial charge in [0.15, 0.2) is 0 Å². The van der Waals surface area contributed by atoms with Crippen molar-refractivity contribution in [3.8, 4) is 0 Å². The monoisotopic (exact) mass is 249 g/mol. The molecule has 1 heterocycles. The second-order valence-electron chi connectivity index (χ2n) is 6.09. The van der Waals surface area contributed by atoms with E-state index in [0.29, 0.717) is 6.04 Å². The van der Waals surface area contributed by atoms with Gasteiger partial charge in [-0.3, -0.25) is 4.68 Å². The molecule has 1 aromatic rings. The summed E-state index contributed by atoms with van der Waals surface area (Å²) in [6, 6.07) is 0.693. The molecule has 0 radical (unpaired) electrons. The number of hydrogen-bond donors (Lipinski definition) is 1. The van der Waals surface area contributed by atoms with Crippen LogP contribution in [0, 0.1) is 18.8 Å². The summed E-state index contributed by atoms with van der Waals surface area (Å²) in [5, 5.41) is 8.18. The van der Waals surface area contributed by atoms with E-state index in [4.69, 9.17) is 0 Å². The van der Waals surface area contributed by atoms with Gasteiger partial charge in [-0.15, -0.1) is 0 Å². The highest BCUT2D eigenvalue weighted by molar-refractivity contribution is 5.15. The fourth-order valence-corrected chi connectivity index (χ4v) is 3.27. The van der Waals surface area contributed by atoms with Crippen molar-refractivity contribution in [2.24, 2.45) is 18.9 Å². The van der Waals surface area contributed by atoms with E-state index >= 15 is 0 Å². The van der Waals surface area contributed by atoms with Crippen LogP contribution >= 0.6 is 0 Å². The summed E-state index contributed by atoms with van der Waals surface area (Å²) in [6.45, 7) is 7.78. The van der Waals surface area contributed by atoms with Crippen molar-refractivity contribution in [1.29, 1.82) is 0 Å². The zero-order valence-electron chi connectivity index (χ0n) is 12.2. The SMILES string of the molecule is Cc1nn(C)cc1CNC1CCCCC1C(C)C. The molecule has 3 nitrogen and oxygen atoms in total. The van der Waals surface area contributed by atoms with Gasteiger partial charge in [-0.2, -0.15) is 5.10 Å². The van der Waals surface area contributed by atoms with Gasteiger partial charge in [0.05, 0.1) is 5.69 Å².